The minimum atomic E-state index is -1.12. The number of para-hydroxylation sites is 1. The molecule has 41 heavy (non-hydrogen) atoms. The van der Waals surface area contributed by atoms with Gasteiger partial charge in [0.1, 0.15) is 11.4 Å². The van der Waals surface area contributed by atoms with E-state index >= 15 is 0 Å². The molecule has 3 aromatic carbocycles. The monoisotopic (exact) mass is 589 g/mol. The molecule has 0 aliphatic carbocycles. The molecule has 0 radical (unpaired) electrons. The van der Waals surface area contributed by atoms with Gasteiger partial charge < -0.3 is 19.4 Å². The highest BCUT2D eigenvalue weighted by Gasteiger charge is 2.47. The molecule has 2 aromatic heterocycles. The van der Waals surface area contributed by atoms with Crippen LogP contribution in [0.3, 0.4) is 0 Å². The second-order valence-electron chi connectivity index (χ2n) is 9.01. The van der Waals surface area contributed by atoms with Crippen LogP contribution in [-0.4, -0.2) is 39.2 Å². The van der Waals surface area contributed by atoms with Gasteiger partial charge in [0, 0.05) is 11.1 Å². The Kier molecular flexibility index (Phi) is 6.93. The number of thioether (sulfide) groups is 1. The molecule has 1 aliphatic heterocycles. The first-order chi connectivity index (χ1) is 19.8. The van der Waals surface area contributed by atoms with Crippen LogP contribution >= 0.6 is 23.1 Å². The number of ketones is 1. The third-order valence-corrected chi connectivity index (χ3v) is 8.63. The second kappa shape index (κ2) is 10.7. The average molecular weight is 590 g/mol. The Morgan fingerprint density at radius 2 is 1.88 bits per heavy atom. The fourth-order valence-corrected chi connectivity index (χ4v) is 6.35. The number of benzene rings is 3. The highest BCUT2D eigenvalue weighted by Crippen LogP contribution is 2.45. The van der Waals surface area contributed by atoms with E-state index in [1.807, 2.05) is 0 Å². The summed E-state index contributed by atoms with van der Waals surface area (Å²) >= 11 is 2.45. The molecule has 9 nitrogen and oxygen atoms in total. The summed E-state index contributed by atoms with van der Waals surface area (Å²) in [6.45, 7) is 0. The third-order valence-electron chi connectivity index (χ3n) is 6.50. The van der Waals surface area contributed by atoms with Crippen molar-refractivity contribution in [1.82, 2.24) is 10.2 Å². The first-order valence-corrected chi connectivity index (χ1v) is 14.0. The van der Waals surface area contributed by atoms with Gasteiger partial charge in [-0.05, 0) is 47.5 Å². The van der Waals surface area contributed by atoms with Crippen LogP contribution in [0, 0.1) is 5.82 Å². The predicted molar refractivity (Wildman–Crippen MR) is 151 cm³/mol. The summed E-state index contributed by atoms with van der Waals surface area (Å²) in [6, 6.07) is 17.9. The van der Waals surface area contributed by atoms with Gasteiger partial charge >= 0.3 is 0 Å². The summed E-state index contributed by atoms with van der Waals surface area (Å²) in [5.41, 5.74) is 1.52. The first kappa shape index (κ1) is 26.5. The molecule has 1 aliphatic rings. The molecule has 12 heteroatoms. The number of aliphatic hydroxyl groups is 1. The van der Waals surface area contributed by atoms with Gasteiger partial charge in [0.25, 0.3) is 5.91 Å². The summed E-state index contributed by atoms with van der Waals surface area (Å²) in [6.07, 6.45) is 0. The first-order valence-electron chi connectivity index (χ1n) is 12.2. The van der Waals surface area contributed by atoms with Crippen LogP contribution < -0.4 is 9.64 Å². The topological polar surface area (TPSA) is 126 Å². The number of aromatic hydroxyl groups is 1. The fourth-order valence-electron chi connectivity index (χ4n) is 4.52. The number of ether oxygens (including phenoxy) is 1. The molecule has 0 fully saturated rings. The number of nitrogens with zero attached hydrogens (tertiary/aromatic N) is 3. The smallest absolute Gasteiger partial charge is 0.296 e. The van der Waals surface area contributed by atoms with Crippen molar-refractivity contribution >= 4 is 50.9 Å². The zero-order chi connectivity index (χ0) is 28.7. The summed E-state index contributed by atoms with van der Waals surface area (Å²) in [5.74, 6) is -2.18. The number of amides is 1. The number of fused-ring (bicyclic) bond motifs is 1. The standard InChI is InChI=1S/C29H20FN3O6S2/c1-38-21-13-17(8-11-19(21)34)24-23(25(35)22-12-16-4-2-3-5-20(16)39-22)26(36)27(37)33(24)28-31-32-29(41-28)40-14-15-6-9-18(30)10-7-15/h2-13,24,34,36H,14H2,1H3/t24-/m1/s1. The Hall–Kier alpha value is -4.68. The van der Waals surface area contributed by atoms with E-state index in [9.17, 15) is 24.2 Å². The molecule has 0 saturated carbocycles. The maximum Gasteiger partial charge on any atom is 0.296 e. The van der Waals surface area contributed by atoms with Crippen molar-refractivity contribution in [3.05, 3.63) is 107 Å². The summed E-state index contributed by atoms with van der Waals surface area (Å²) < 4.78 is 24.8. The Bertz CT molecular complexity index is 1800. The average Bonchev–Trinajstić information content (AvgIpc) is 3.69. The number of phenolic OH excluding ortho intramolecular Hbond substituents is 1. The van der Waals surface area contributed by atoms with Crippen LogP contribution in [0.25, 0.3) is 11.0 Å². The molecule has 206 valence electrons. The number of furan rings is 1. The third kappa shape index (κ3) is 4.92. The Morgan fingerprint density at radius 3 is 2.63 bits per heavy atom. The second-order valence-corrected chi connectivity index (χ2v) is 11.2. The fraction of sp³-hybridized carbons (Fsp3) is 0.103. The molecule has 0 saturated heterocycles. The van der Waals surface area contributed by atoms with Crippen molar-refractivity contribution in [1.29, 1.82) is 0 Å². The zero-order valence-electron chi connectivity index (χ0n) is 21.3. The molecule has 0 unspecified atom stereocenters. The number of rotatable bonds is 8. The van der Waals surface area contributed by atoms with E-state index in [2.05, 4.69) is 10.2 Å². The zero-order valence-corrected chi connectivity index (χ0v) is 22.9. The van der Waals surface area contributed by atoms with E-state index in [0.29, 0.717) is 26.6 Å². The number of carbonyl (C=O) groups is 2. The van der Waals surface area contributed by atoms with E-state index in [1.165, 1.54) is 54.1 Å². The number of Topliss-reactive ketones (excluding diaryl/α,β-unsaturated/α-hetero) is 1. The molecule has 2 N–H and O–H groups in total. The van der Waals surface area contributed by atoms with E-state index in [0.717, 1.165) is 16.9 Å². The van der Waals surface area contributed by atoms with Crippen molar-refractivity contribution in [3.8, 4) is 11.5 Å². The number of anilines is 1. The largest absolute Gasteiger partial charge is 0.504 e. The Labute approximate surface area is 240 Å². The number of aromatic nitrogens is 2. The van der Waals surface area contributed by atoms with Gasteiger partial charge in [-0.2, -0.15) is 0 Å². The SMILES string of the molecule is COc1cc([C@@H]2C(C(=O)c3cc4ccccc4o3)=C(O)C(=O)N2c2nnc(SCc3ccc(F)cc3)s2)ccc1O. The lowest BCUT2D eigenvalue weighted by atomic mass is 9.95. The van der Waals surface area contributed by atoms with Gasteiger partial charge in [0.2, 0.25) is 10.9 Å². The molecular weight excluding hydrogens is 569 g/mol. The molecule has 0 bridgehead atoms. The van der Waals surface area contributed by atoms with Crippen molar-refractivity contribution in [2.24, 2.45) is 0 Å². The number of phenols is 1. The molecule has 3 heterocycles. The van der Waals surface area contributed by atoms with Crippen molar-refractivity contribution in [2.75, 3.05) is 12.0 Å². The van der Waals surface area contributed by atoms with Crippen molar-refractivity contribution < 1.29 is 33.3 Å². The van der Waals surface area contributed by atoms with Gasteiger partial charge in [0.15, 0.2) is 27.4 Å². The van der Waals surface area contributed by atoms with E-state index in [4.69, 9.17) is 9.15 Å². The number of hydrogen-bond donors (Lipinski definition) is 2. The van der Waals surface area contributed by atoms with Crippen LogP contribution in [0.1, 0.15) is 27.7 Å². The summed E-state index contributed by atoms with van der Waals surface area (Å²) in [7, 11) is 1.37. The molecule has 5 aromatic rings. The van der Waals surface area contributed by atoms with E-state index < -0.39 is 23.5 Å². The number of halogens is 1. The van der Waals surface area contributed by atoms with Gasteiger partial charge in [0.05, 0.1) is 18.7 Å². The lowest BCUT2D eigenvalue weighted by Crippen LogP contribution is -2.31. The molecular formula is C29H20FN3O6S2. The highest BCUT2D eigenvalue weighted by atomic mass is 32.2. The molecule has 1 atom stereocenters. The van der Waals surface area contributed by atoms with Gasteiger partial charge in [-0.15, -0.1) is 10.2 Å². The molecule has 0 spiro atoms. The minimum absolute atomic E-state index is 0.0500. The number of hydrogen-bond acceptors (Lipinski definition) is 10. The van der Waals surface area contributed by atoms with E-state index in [-0.39, 0.29) is 33.8 Å². The van der Waals surface area contributed by atoms with Crippen LogP contribution in [0.5, 0.6) is 11.5 Å². The van der Waals surface area contributed by atoms with Crippen LogP contribution in [-0.2, 0) is 10.5 Å². The normalized spacial score (nSPS) is 15.2. The Balaban J connectivity index is 1.38. The maximum atomic E-state index is 13.8. The van der Waals surface area contributed by atoms with Crippen LogP contribution in [0.2, 0.25) is 0 Å². The quantitative estimate of drug-likeness (QED) is 0.123. The number of carbonyl (C=O) groups excluding carboxylic acids is 2. The minimum Gasteiger partial charge on any atom is -0.504 e. The molecule has 1 amide bonds. The lowest BCUT2D eigenvalue weighted by Gasteiger charge is -2.24. The Morgan fingerprint density at radius 1 is 1.10 bits per heavy atom. The van der Waals surface area contributed by atoms with Gasteiger partial charge in [-0.3, -0.25) is 14.5 Å². The number of methoxy groups -OCH3 is 1. The van der Waals surface area contributed by atoms with Crippen molar-refractivity contribution in [3.63, 3.8) is 0 Å². The summed E-state index contributed by atoms with van der Waals surface area (Å²) in [5, 5.41) is 30.4. The van der Waals surface area contributed by atoms with Gasteiger partial charge in [-0.25, -0.2) is 4.39 Å². The molecule has 6 rings (SSSR count). The predicted octanol–water partition coefficient (Wildman–Crippen LogP) is 6.21. The van der Waals surface area contributed by atoms with E-state index in [1.54, 1.807) is 42.5 Å². The van der Waals surface area contributed by atoms with Gasteiger partial charge in [-0.1, -0.05) is 59.5 Å². The number of aliphatic hydroxyl groups excluding tert-OH is 1. The lowest BCUT2D eigenvalue weighted by molar-refractivity contribution is -0.117. The van der Waals surface area contributed by atoms with Crippen LogP contribution in [0.15, 0.2) is 92.9 Å². The van der Waals surface area contributed by atoms with Crippen molar-refractivity contribution in [2.45, 2.75) is 16.1 Å². The highest BCUT2D eigenvalue weighted by molar-refractivity contribution is 8.00. The van der Waals surface area contributed by atoms with Crippen LogP contribution in [0.4, 0.5) is 9.52 Å². The maximum absolute atomic E-state index is 13.8. The summed E-state index contributed by atoms with van der Waals surface area (Å²) in [4.78, 5) is 28.5.